The predicted molar refractivity (Wildman–Crippen MR) is 79.4 cm³/mol. The molecule has 2 rings (SSSR count). The van der Waals surface area contributed by atoms with Crippen LogP contribution in [-0.2, 0) is 11.2 Å². The highest BCUT2D eigenvalue weighted by Crippen LogP contribution is 2.17. The molecule has 0 saturated heterocycles. The first-order valence-electron chi connectivity index (χ1n) is 6.75. The average Bonchev–Trinajstić information content (AvgIpc) is 2.91. The van der Waals surface area contributed by atoms with Gasteiger partial charge in [-0.1, -0.05) is 23.4 Å². The molecule has 0 bridgehead atoms. The van der Waals surface area contributed by atoms with Gasteiger partial charge in [0.25, 0.3) is 0 Å². The van der Waals surface area contributed by atoms with Crippen LogP contribution in [0.25, 0.3) is 0 Å². The van der Waals surface area contributed by atoms with Crippen molar-refractivity contribution in [1.29, 1.82) is 0 Å². The number of aryl methyl sites for hydroxylation is 1. The molecule has 0 atom stereocenters. The van der Waals surface area contributed by atoms with E-state index in [1.807, 2.05) is 24.3 Å². The minimum atomic E-state index is -0.0921. The smallest absolute Gasteiger partial charge is 0.239 e. The number of rotatable bonds is 7. The zero-order chi connectivity index (χ0) is 15.1. The van der Waals surface area contributed by atoms with E-state index in [4.69, 9.17) is 9.26 Å². The molecule has 0 fully saturated rings. The lowest BCUT2D eigenvalue weighted by molar-refractivity contribution is -0.119. The summed E-state index contributed by atoms with van der Waals surface area (Å²) in [5, 5.41) is 9.49. The van der Waals surface area contributed by atoms with Crippen LogP contribution in [0.5, 0.6) is 5.75 Å². The van der Waals surface area contributed by atoms with Crippen molar-refractivity contribution in [3.8, 4) is 5.75 Å². The van der Waals surface area contributed by atoms with Crippen LogP contribution in [0.15, 0.2) is 34.9 Å². The summed E-state index contributed by atoms with van der Waals surface area (Å²) < 4.78 is 10.2. The predicted octanol–water partition coefficient (Wildman–Crippen LogP) is 1.76. The molecular formula is C15H19N3O3. The number of benzene rings is 1. The van der Waals surface area contributed by atoms with Gasteiger partial charge in [-0.2, -0.15) is 0 Å². The molecule has 1 aromatic heterocycles. The minimum Gasteiger partial charge on any atom is -0.496 e. The monoisotopic (exact) mass is 289 g/mol. The molecule has 0 spiro atoms. The zero-order valence-corrected chi connectivity index (χ0v) is 12.2. The minimum absolute atomic E-state index is 0.0921. The summed E-state index contributed by atoms with van der Waals surface area (Å²) in [7, 11) is 1.64. The summed E-state index contributed by atoms with van der Waals surface area (Å²) in [5.41, 5.74) is 1.07. The van der Waals surface area contributed by atoms with E-state index in [1.165, 1.54) is 0 Å². The van der Waals surface area contributed by atoms with Gasteiger partial charge in [0.1, 0.15) is 11.5 Å². The molecule has 1 heterocycles. The van der Waals surface area contributed by atoms with Crippen molar-refractivity contribution in [3.05, 3.63) is 41.7 Å². The van der Waals surface area contributed by atoms with Gasteiger partial charge in [-0.3, -0.25) is 4.79 Å². The van der Waals surface area contributed by atoms with Gasteiger partial charge in [-0.15, -0.1) is 0 Å². The number of methoxy groups -OCH3 is 1. The van der Waals surface area contributed by atoms with Crippen LogP contribution in [0.4, 0.5) is 5.82 Å². The topological polar surface area (TPSA) is 76.4 Å². The number of nitrogens with one attached hydrogen (secondary N) is 2. The van der Waals surface area contributed by atoms with Crippen LogP contribution in [0, 0.1) is 6.92 Å². The van der Waals surface area contributed by atoms with E-state index in [1.54, 1.807) is 20.1 Å². The first-order valence-corrected chi connectivity index (χ1v) is 6.75. The van der Waals surface area contributed by atoms with Gasteiger partial charge < -0.3 is 19.9 Å². The number of aromatic nitrogens is 1. The number of carbonyl (C=O) groups excluding carboxylic acids is 1. The maximum atomic E-state index is 11.7. The first kappa shape index (κ1) is 14.9. The lowest BCUT2D eigenvalue weighted by Gasteiger charge is -2.09. The van der Waals surface area contributed by atoms with Crippen LogP contribution in [0.1, 0.15) is 11.3 Å². The van der Waals surface area contributed by atoms with E-state index in [-0.39, 0.29) is 12.5 Å². The number of ether oxygens (including phenoxy) is 1. The molecular weight excluding hydrogens is 270 g/mol. The number of amides is 1. The molecule has 0 radical (unpaired) electrons. The lowest BCUT2D eigenvalue weighted by atomic mass is 10.1. The maximum Gasteiger partial charge on any atom is 0.239 e. The van der Waals surface area contributed by atoms with Crippen LogP contribution >= 0.6 is 0 Å². The van der Waals surface area contributed by atoms with Crippen molar-refractivity contribution in [2.24, 2.45) is 0 Å². The number of carbonyl (C=O) groups is 1. The SMILES string of the molecule is COc1ccccc1CCNC(=O)CNc1cc(C)on1. The van der Waals surface area contributed by atoms with Crippen molar-refractivity contribution in [3.63, 3.8) is 0 Å². The van der Waals surface area contributed by atoms with Crippen LogP contribution in [0.3, 0.4) is 0 Å². The summed E-state index contributed by atoms with van der Waals surface area (Å²) in [6, 6.07) is 9.51. The molecule has 2 aromatic rings. The van der Waals surface area contributed by atoms with Gasteiger partial charge in [-0.25, -0.2) is 0 Å². The Morgan fingerprint density at radius 1 is 1.38 bits per heavy atom. The molecule has 21 heavy (non-hydrogen) atoms. The van der Waals surface area contributed by atoms with E-state index in [0.717, 1.165) is 17.7 Å². The fraction of sp³-hybridized carbons (Fsp3) is 0.333. The highest BCUT2D eigenvalue weighted by atomic mass is 16.5. The largest absolute Gasteiger partial charge is 0.496 e. The second kappa shape index (κ2) is 7.33. The Morgan fingerprint density at radius 3 is 2.90 bits per heavy atom. The van der Waals surface area contributed by atoms with Gasteiger partial charge in [0.15, 0.2) is 5.82 Å². The number of para-hydroxylation sites is 1. The molecule has 0 aliphatic carbocycles. The summed E-state index contributed by atoms with van der Waals surface area (Å²) in [6.45, 7) is 2.52. The Bertz CT molecular complexity index is 595. The van der Waals surface area contributed by atoms with Crippen molar-refractivity contribution >= 4 is 11.7 Å². The van der Waals surface area contributed by atoms with Crippen molar-refractivity contribution in [2.45, 2.75) is 13.3 Å². The van der Waals surface area contributed by atoms with E-state index >= 15 is 0 Å². The zero-order valence-electron chi connectivity index (χ0n) is 12.2. The second-order valence-electron chi connectivity index (χ2n) is 4.59. The van der Waals surface area contributed by atoms with Gasteiger partial charge >= 0.3 is 0 Å². The molecule has 6 nitrogen and oxygen atoms in total. The Morgan fingerprint density at radius 2 is 2.19 bits per heavy atom. The van der Waals surface area contributed by atoms with Gasteiger partial charge in [-0.05, 0) is 25.0 Å². The van der Waals surface area contributed by atoms with Crippen molar-refractivity contribution < 1.29 is 14.1 Å². The van der Waals surface area contributed by atoms with E-state index in [2.05, 4.69) is 15.8 Å². The van der Waals surface area contributed by atoms with Crippen molar-refractivity contribution in [1.82, 2.24) is 10.5 Å². The van der Waals surface area contributed by atoms with Crippen LogP contribution in [0.2, 0.25) is 0 Å². The average molecular weight is 289 g/mol. The second-order valence-corrected chi connectivity index (χ2v) is 4.59. The summed E-state index contributed by atoms with van der Waals surface area (Å²) in [5.74, 6) is 2.01. The Labute approximate surface area is 123 Å². The molecule has 112 valence electrons. The highest BCUT2D eigenvalue weighted by Gasteiger charge is 2.05. The maximum absolute atomic E-state index is 11.7. The Hall–Kier alpha value is -2.50. The quantitative estimate of drug-likeness (QED) is 0.812. The molecule has 1 amide bonds. The summed E-state index contributed by atoms with van der Waals surface area (Å²) in [4.78, 5) is 11.7. The van der Waals surface area contributed by atoms with Gasteiger partial charge in [0, 0.05) is 12.6 Å². The first-order chi connectivity index (χ1) is 10.2. The molecule has 2 N–H and O–H groups in total. The van der Waals surface area contributed by atoms with Gasteiger partial charge in [0.2, 0.25) is 5.91 Å². The number of hydrogen-bond acceptors (Lipinski definition) is 5. The third-order valence-corrected chi connectivity index (χ3v) is 2.97. The molecule has 1 aromatic carbocycles. The van der Waals surface area contributed by atoms with Crippen LogP contribution < -0.4 is 15.4 Å². The molecule has 0 saturated carbocycles. The molecule has 6 heteroatoms. The third-order valence-electron chi connectivity index (χ3n) is 2.97. The normalized spacial score (nSPS) is 10.2. The number of hydrogen-bond donors (Lipinski definition) is 2. The Kier molecular flexibility index (Phi) is 5.20. The third kappa shape index (κ3) is 4.52. The molecule has 0 aliphatic heterocycles. The standard InChI is InChI=1S/C15H19N3O3/c1-11-9-14(18-21-11)17-10-15(19)16-8-7-12-5-3-4-6-13(12)20-2/h3-6,9H,7-8,10H2,1-2H3,(H,16,19)(H,17,18). The van der Waals surface area contributed by atoms with Gasteiger partial charge in [0.05, 0.1) is 13.7 Å². The summed E-state index contributed by atoms with van der Waals surface area (Å²) in [6.07, 6.45) is 0.721. The summed E-state index contributed by atoms with van der Waals surface area (Å²) >= 11 is 0. The lowest BCUT2D eigenvalue weighted by Crippen LogP contribution is -2.31. The number of nitrogens with zero attached hydrogens (tertiary/aromatic N) is 1. The molecule has 0 aliphatic rings. The fourth-order valence-electron chi connectivity index (χ4n) is 1.93. The van der Waals surface area contributed by atoms with E-state index in [0.29, 0.717) is 18.1 Å². The highest BCUT2D eigenvalue weighted by molar-refractivity contribution is 5.80. The van der Waals surface area contributed by atoms with E-state index in [9.17, 15) is 4.79 Å². The fourth-order valence-corrected chi connectivity index (χ4v) is 1.93. The van der Waals surface area contributed by atoms with E-state index < -0.39 is 0 Å². The molecule has 0 unspecified atom stereocenters. The Balaban J connectivity index is 1.71. The van der Waals surface area contributed by atoms with Crippen LogP contribution in [-0.4, -0.2) is 31.3 Å². The van der Waals surface area contributed by atoms with Crippen molar-refractivity contribution in [2.75, 3.05) is 25.5 Å². The number of anilines is 1.